The van der Waals surface area contributed by atoms with Crippen LogP contribution in [0.25, 0.3) is 0 Å². The van der Waals surface area contributed by atoms with Gasteiger partial charge in [-0.1, -0.05) is 36.6 Å². The molecule has 1 aliphatic carbocycles. The third-order valence-electron chi connectivity index (χ3n) is 2.25. The summed E-state index contributed by atoms with van der Waals surface area (Å²) < 4.78 is 0. The van der Waals surface area contributed by atoms with E-state index in [1.165, 1.54) is 17.6 Å². The van der Waals surface area contributed by atoms with Crippen LogP contribution in [0.2, 0.25) is 0 Å². The minimum Gasteiger partial charge on any atom is -0.0844 e. The maximum absolute atomic E-state index is 6.01. The van der Waals surface area contributed by atoms with Crippen LogP contribution in [-0.2, 0) is 0 Å². The molecule has 0 aliphatic heterocycles. The van der Waals surface area contributed by atoms with E-state index in [1.54, 1.807) is 0 Å². The van der Waals surface area contributed by atoms with Gasteiger partial charge in [0, 0.05) is 5.03 Å². The van der Waals surface area contributed by atoms with Gasteiger partial charge in [0.1, 0.15) is 0 Å². The minimum absolute atomic E-state index is 0.650. The lowest BCUT2D eigenvalue weighted by atomic mass is 9.92. The van der Waals surface area contributed by atoms with Crippen LogP contribution in [0.5, 0.6) is 0 Å². The van der Waals surface area contributed by atoms with Crippen molar-refractivity contribution in [2.75, 3.05) is 0 Å². The summed E-state index contributed by atoms with van der Waals surface area (Å²) in [6, 6.07) is 0. The van der Waals surface area contributed by atoms with E-state index in [2.05, 4.69) is 26.8 Å². The third-order valence-corrected chi connectivity index (χ3v) is 2.68. The van der Waals surface area contributed by atoms with Gasteiger partial charge in [-0.25, -0.2) is 0 Å². The van der Waals surface area contributed by atoms with E-state index in [0.29, 0.717) is 5.92 Å². The van der Waals surface area contributed by atoms with Crippen molar-refractivity contribution in [3.05, 3.63) is 22.3 Å². The van der Waals surface area contributed by atoms with Crippen LogP contribution in [0.4, 0.5) is 0 Å². The van der Waals surface area contributed by atoms with Gasteiger partial charge in [-0.3, -0.25) is 0 Å². The third kappa shape index (κ3) is 2.10. The van der Waals surface area contributed by atoms with Gasteiger partial charge in [-0.2, -0.15) is 0 Å². The fourth-order valence-corrected chi connectivity index (χ4v) is 1.50. The fraction of sp³-hybridized carbons (Fsp3) is 0.600. The van der Waals surface area contributed by atoms with Crippen molar-refractivity contribution < 1.29 is 0 Å². The zero-order valence-corrected chi connectivity index (χ0v) is 8.20. The van der Waals surface area contributed by atoms with Crippen molar-refractivity contribution in [3.8, 4) is 0 Å². The molecule has 0 bridgehead atoms. The van der Waals surface area contributed by atoms with Crippen LogP contribution in [0, 0.1) is 5.92 Å². The van der Waals surface area contributed by atoms with Crippen molar-refractivity contribution >= 4 is 11.6 Å². The van der Waals surface area contributed by atoms with E-state index in [-0.39, 0.29) is 0 Å². The number of hydrogen-bond donors (Lipinski definition) is 0. The molecule has 11 heavy (non-hydrogen) atoms. The summed E-state index contributed by atoms with van der Waals surface area (Å²) in [6.45, 7) is 6.54. The van der Waals surface area contributed by atoms with Crippen molar-refractivity contribution in [1.29, 1.82) is 0 Å². The minimum atomic E-state index is 0.650. The van der Waals surface area contributed by atoms with Crippen LogP contribution in [0.3, 0.4) is 0 Å². The van der Waals surface area contributed by atoms with E-state index < -0.39 is 0 Å². The first-order chi connectivity index (χ1) is 5.11. The monoisotopic (exact) mass is 170 g/mol. The van der Waals surface area contributed by atoms with Crippen LogP contribution >= 0.6 is 11.6 Å². The van der Waals surface area contributed by atoms with E-state index in [4.69, 9.17) is 11.6 Å². The first-order valence-corrected chi connectivity index (χ1v) is 4.54. The molecule has 0 nitrogen and oxygen atoms in total. The average Bonchev–Trinajstić information content (AvgIpc) is 1.94. The second kappa shape index (κ2) is 3.44. The Kier molecular flexibility index (Phi) is 2.78. The zero-order valence-electron chi connectivity index (χ0n) is 7.45. The maximum atomic E-state index is 6.01. The number of hydrogen-bond acceptors (Lipinski definition) is 0. The van der Waals surface area contributed by atoms with Gasteiger partial charge in [-0.15, -0.1) is 0 Å². The number of allylic oxidation sites excluding steroid dienone is 4. The molecule has 0 aromatic heterocycles. The van der Waals surface area contributed by atoms with Crippen molar-refractivity contribution in [2.24, 2.45) is 5.92 Å². The topological polar surface area (TPSA) is 0 Å². The summed E-state index contributed by atoms with van der Waals surface area (Å²) in [5.74, 6) is 0.650. The molecule has 1 heteroatoms. The molecule has 0 aromatic carbocycles. The molecule has 0 aromatic rings. The molecule has 0 fully saturated rings. The second-order valence-electron chi connectivity index (χ2n) is 3.50. The second-order valence-corrected chi connectivity index (χ2v) is 3.91. The van der Waals surface area contributed by atoms with Crippen LogP contribution in [0.15, 0.2) is 22.3 Å². The Hall–Kier alpha value is -0.230. The summed E-state index contributed by atoms with van der Waals surface area (Å²) in [6.07, 6.45) is 4.47. The lowest BCUT2D eigenvalue weighted by Gasteiger charge is -2.17. The summed E-state index contributed by atoms with van der Waals surface area (Å²) in [5.41, 5.74) is 2.82. The molecule has 0 radical (unpaired) electrons. The lowest BCUT2D eigenvalue weighted by Crippen LogP contribution is -1.99. The van der Waals surface area contributed by atoms with E-state index in [0.717, 1.165) is 11.5 Å². The highest BCUT2D eigenvalue weighted by Gasteiger charge is 2.10. The standard InChI is InChI=1S/C10H15Cl/c1-7(2)9-5-4-8(3)10(11)6-9/h6-7H,4-5H2,1-3H3. The SMILES string of the molecule is CC1=C(Cl)C=C(C(C)C)CC1. The van der Waals surface area contributed by atoms with E-state index >= 15 is 0 Å². The molecular formula is C10H15Cl. The molecule has 0 unspecified atom stereocenters. The highest BCUT2D eigenvalue weighted by molar-refractivity contribution is 6.31. The normalized spacial score (nSPS) is 19.2. The van der Waals surface area contributed by atoms with Crippen molar-refractivity contribution in [2.45, 2.75) is 33.6 Å². The Morgan fingerprint density at radius 2 is 2.00 bits per heavy atom. The molecule has 1 aliphatic rings. The molecule has 0 saturated carbocycles. The molecule has 0 spiro atoms. The van der Waals surface area contributed by atoms with Gasteiger partial charge < -0.3 is 0 Å². The highest BCUT2D eigenvalue weighted by Crippen LogP contribution is 2.29. The summed E-state index contributed by atoms with van der Waals surface area (Å²) >= 11 is 6.01. The summed E-state index contributed by atoms with van der Waals surface area (Å²) in [4.78, 5) is 0. The molecule has 1 rings (SSSR count). The van der Waals surface area contributed by atoms with Gasteiger partial charge in [0.2, 0.25) is 0 Å². The Bertz CT molecular complexity index is 209. The molecular weight excluding hydrogens is 156 g/mol. The Morgan fingerprint density at radius 3 is 2.45 bits per heavy atom. The van der Waals surface area contributed by atoms with Gasteiger partial charge in [0.25, 0.3) is 0 Å². The number of rotatable bonds is 1. The first-order valence-electron chi connectivity index (χ1n) is 4.17. The molecule has 0 atom stereocenters. The van der Waals surface area contributed by atoms with Crippen LogP contribution in [0.1, 0.15) is 33.6 Å². The predicted molar refractivity (Wildman–Crippen MR) is 50.7 cm³/mol. The molecule has 0 N–H and O–H groups in total. The van der Waals surface area contributed by atoms with Crippen LogP contribution < -0.4 is 0 Å². The first kappa shape index (κ1) is 8.86. The molecule has 62 valence electrons. The summed E-state index contributed by atoms with van der Waals surface area (Å²) in [7, 11) is 0. The largest absolute Gasteiger partial charge is 0.0844 e. The molecule has 0 heterocycles. The van der Waals surface area contributed by atoms with Crippen molar-refractivity contribution in [1.82, 2.24) is 0 Å². The average molecular weight is 171 g/mol. The zero-order chi connectivity index (χ0) is 8.43. The highest BCUT2D eigenvalue weighted by atomic mass is 35.5. The predicted octanol–water partition coefficient (Wildman–Crippen LogP) is 3.88. The lowest BCUT2D eigenvalue weighted by molar-refractivity contribution is 0.699. The Balaban J connectivity index is 2.81. The van der Waals surface area contributed by atoms with Crippen molar-refractivity contribution in [3.63, 3.8) is 0 Å². The quantitative estimate of drug-likeness (QED) is 0.561. The van der Waals surface area contributed by atoms with Gasteiger partial charge in [-0.05, 0) is 31.8 Å². The maximum Gasteiger partial charge on any atom is 0.0394 e. The smallest absolute Gasteiger partial charge is 0.0394 e. The number of halogens is 1. The molecule has 0 amide bonds. The van der Waals surface area contributed by atoms with E-state index in [9.17, 15) is 0 Å². The molecule has 0 saturated heterocycles. The van der Waals surface area contributed by atoms with Gasteiger partial charge in [0.05, 0.1) is 0 Å². The Morgan fingerprint density at radius 1 is 1.36 bits per heavy atom. The van der Waals surface area contributed by atoms with Gasteiger partial charge in [0.15, 0.2) is 0 Å². The Labute approximate surface area is 73.9 Å². The fourth-order valence-electron chi connectivity index (χ4n) is 1.26. The summed E-state index contributed by atoms with van der Waals surface area (Å²) in [5, 5.41) is 0.958. The van der Waals surface area contributed by atoms with Gasteiger partial charge >= 0.3 is 0 Å². The van der Waals surface area contributed by atoms with E-state index in [1.807, 2.05) is 0 Å². The van der Waals surface area contributed by atoms with Crippen LogP contribution in [-0.4, -0.2) is 0 Å².